The van der Waals surface area contributed by atoms with Crippen molar-refractivity contribution in [2.24, 2.45) is 0 Å². The molecule has 0 bridgehead atoms. The Morgan fingerprint density at radius 2 is 0.400 bits per heavy atom. The standard InChI is InChI=1S/C33H33F3S3.2C24H20P.C2H6S.4Fe.4H2S/c1-4-25-28(16-19-13-22(37)7-10-31(19)34)26(5-2)30(18-21-15-24(39)9-12-33(21)36)27(6-3)29(25)17-20-14-23(38)8-11-32(20)35;2*1-5-13-21(14-6-1)25(22-15-7-2-8-16-22,23-17-9-3-10-18-23)24-19-11-4-12-20-24;1-2-3;;;;;;;;/h7-15,37-39H,4-6,16-18H2,1-3H3;2*1-20H;3H,2H2,1H3;;;;;4*1H2/q;2*+1;;;;;;;;;/p-8. The van der Waals surface area contributed by atoms with E-state index in [-0.39, 0.29) is 140 Å². The van der Waals surface area contributed by atoms with Gasteiger partial charge in [-0.3, -0.25) is 0 Å². The van der Waals surface area contributed by atoms with E-state index >= 15 is 0 Å². The van der Waals surface area contributed by atoms with Gasteiger partial charge in [0.2, 0.25) is 0 Å². The van der Waals surface area contributed by atoms with E-state index in [1.165, 1.54) is 60.6 Å². The number of rotatable bonds is 17. The minimum atomic E-state index is -1.91. The molecule has 0 saturated heterocycles. The average molecular weight is 1680 g/mol. The monoisotopic (exact) mass is 1670 g/mol. The van der Waals surface area contributed by atoms with Gasteiger partial charge in [0, 0.05) is 87.5 Å². The van der Waals surface area contributed by atoms with Crippen molar-refractivity contribution < 1.29 is 81.4 Å². The molecule has 0 amide bonds. The summed E-state index contributed by atoms with van der Waals surface area (Å²) in [6.45, 7) is 8.15. The Hall–Kier alpha value is -4.22. The van der Waals surface area contributed by atoms with Crippen molar-refractivity contribution >= 4 is 161 Å². The van der Waals surface area contributed by atoms with Crippen LogP contribution in [0.1, 0.15) is 77.8 Å². The van der Waals surface area contributed by atoms with Gasteiger partial charge in [-0.2, -0.15) is 20.4 Å². The fourth-order valence-electron chi connectivity index (χ4n) is 12.6. The second-order valence-corrected chi connectivity index (χ2v) is 30.8. The van der Waals surface area contributed by atoms with Gasteiger partial charge < -0.3 is 104 Å². The first kappa shape index (κ1) is 93.8. The Labute approximate surface area is 687 Å². The zero-order chi connectivity index (χ0) is 64.9. The van der Waals surface area contributed by atoms with Gasteiger partial charge in [0.05, 0.1) is 0 Å². The molecular weight excluding hydrogens is 1600 g/mol. The molecule has 12 rings (SSSR count). The molecule has 17 heteroatoms. The number of hydrogen-bond donors (Lipinski definition) is 0. The summed E-state index contributed by atoms with van der Waals surface area (Å²) in [6.07, 6.45) is 3.10. The molecule has 0 spiro atoms. The molecule has 0 aliphatic heterocycles. The number of hydrogen-bond acceptors (Lipinski definition) is 8. The van der Waals surface area contributed by atoms with Gasteiger partial charge in [0.15, 0.2) is 0 Å². The molecule has 0 fully saturated rings. The Balaban J connectivity index is 0.000000728. The summed E-state index contributed by atoms with van der Waals surface area (Å²) < 4.78 is 45.0. The van der Waals surface area contributed by atoms with Crippen LogP contribution in [0.4, 0.5) is 13.2 Å². The summed E-state index contributed by atoms with van der Waals surface area (Å²) in [5.74, 6) is -0.111. The first-order chi connectivity index (χ1) is 44.9. The van der Waals surface area contributed by atoms with Gasteiger partial charge in [-0.15, -0.1) is 0 Å². The molecule has 0 atom stereocenters. The number of thiol groups is 4. The van der Waals surface area contributed by atoms with E-state index in [0.717, 1.165) is 39.1 Å². The van der Waals surface area contributed by atoms with Crippen LogP contribution in [0.3, 0.4) is 0 Å². The fourth-order valence-corrected chi connectivity index (χ4v) is 21.8. The Morgan fingerprint density at radius 1 is 0.250 bits per heavy atom. The minimum absolute atomic E-state index is 0. The summed E-state index contributed by atoms with van der Waals surface area (Å²) in [5.41, 5.74) is 7.81. The molecule has 100 heavy (non-hydrogen) atoms. The predicted octanol–water partition coefficient (Wildman–Crippen LogP) is 16.4. The van der Waals surface area contributed by atoms with Crippen LogP contribution in [0.15, 0.2) is 312 Å². The zero-order valence-corrected chi connectivity index (χ0v) is 68.7. The fraction of sp³-hybridized carbons (Fsp3) is 0.133. The van der Waals surface area contributed by atoms with Gasteiger partial charge in [-0.05, 0) is 185 Å². The molecule has 0 saturated carbocycles. The van der Waals surface area contributed by atoms with Crippen LogP contribution in [0.2, 0.25) is 0 Å². The van der Waals surface area contributed by atoms with Crippen molar-refractivity contribution in [3.63, 3.8) is 0 Å². The molecule has 12 aromatic carbocycles. The Bertz CT molecular complexity index is 3590. The summed E-state index contributed by atoms with van der Waals surface area (Å²) in [6, 6.07) is 102. The largest absolute Gasteiger partial charge is 0.813 e. The van der Waals surface area contributed by atoms with Gasteiger partial charge in [0.1, 0.15) is 74.4 Å². The van der Waals surface area contributed by atoms with E-state index in [9.17, 15) is 13.2 Å². The molecule has 0 aliphatic rings. The smallest absolute Gasteiger partial charge is 0.144 e. The Kier molecular flexibility index (Phi) is 44.3. The van der Waals surface area contributed by atoms with Crippen molar-refractivity contribution in [2.75, 3.05) is 5.75 Å². The maximum atomic E-state index is 15.0. The quantitative estimate of drug-likeness (QED) is 0.0378. The Morgan fingerprint density at radius 3 is 0.540 bits per heavy atom. The normalized spacial score (nSPS) is 10.2. The molecule has 0 aromatic heterocycles. The zero-order valence-electron chi connectivity index (χ0n) is 55.6. The van der Waals surface area contributed by atoms with Crippen LogP contribution in [0, 0.1) is 17.5 Å². The van der Waals surface area contributed by atoms with Crippen LogP contribution in [0.5, 0.6) is 0 Å². The van der Waals surface area contributed by atoms with E-state index in [2.05, 4.69) is 276 Å². The van der Waals surface area contributed by atoms with Crippen molar-refractivity contribution in [1.29, 1.82) is 0 Å². The third-order valence-electron chi connectivity index (χ3n) is 16.5. The van der Waals surface area contributed by atoms with Crippen LogP contribution < -0.4 is 42.4 Å². The molecular formula is C83H79F3Fe4P2S8-6. The van der Waals surface area contributed by atoms with E-state index in [1.54, 1.807) is 36.4 Å². The van der Waals surface area contributed by atoms with Crippen LogP contribution in [-0.2, 0) is 211 Å². The van der Waals surface area contributed by atoms with Gasteiger partial charge in [-0.1, -0.05) is 210 Å². The van der Waals surface area contributed by atoms with Crippen molar-refractivity contribution in [2.45, 2.75) is 80.9 Å². The van der Waals surface area contributed by atoms with Crippen LogP contribution >= 0.6 is 14.5 Å². The topological polar surface area (TPSA) is 0 Å². The van der Waals surface area contributed by atoms with Gasteiger partial charge >= 0.3 is 0 Å². The summed E-state index contributed by atoms with van der Waals surface area (Å²) in [7, 11) is -3.81. The number of benzene rings is 12. The molecule has 528 valence electrons. The first-order valence-electron chi connectivity index (χ1n) is 31.3. The average Bonchev–Trinajstić information content (AvgIpc) is 0.754. The van der Waals surface area contributed by atoms with Crippen molar-refractivity contribution in [1.82, 2.24) is 0 Å². The number of halogens is 3. The summed E-state index contributed by atoms with van der Waals surface area (Å²) in [5, 5.41) is 11.1. The molecule has 0 N–H and O–H groups in total. The second-order valence-electron chi connectivity index (χ2n) is 22.0. The van der Waals surface area contributed by atoms with Crippen molar-refractivity contribution in [3.05, 3.63) is 365 Å². The van der Waals surface area contributed by atoms with E-state index in [0.29, 0.717) is 69.9 Å². The van der Waals surface area contributed by atoms with E-state index < -0.39 is 14.5 Å². The molecule has 12 aromatic rings. The SMILES string of the molecule is CC[S-].CCc1c(Cc2cc([S-])ccc2F)c(CC)c(Cc2cc([S-])ccc2F)c(CC)c1Cc1cc([S-])ccc1F.[Fe].[Fe].[Fe].[Fe].[SH-].[SH-].[SH-].[SH-].c1ccc([P+](c2ccccc2)(c2ccccc2)c2ccccc2)cc1.c1ccc([P+](c2ccccc2)(c2ccccc2)c2ccccc2)cc1. The molecule has 0 unspecified atom stereocenters. The first-order valence-corrected chi connectivity index (χ1v) is 36.6. The molecule has 0 nitrogen and oxygen atoms in total. The van der Waals surface area contributed by atoms with E-state index in [4.69, 9.17) is 37.9 Å². The maximum Gasteiger partial charge on any atom is 0.144 e. The predicted molar refractivity (Wildman–Crippen MR) is 434 cm³/mol. The second kappa shape index (κ2) is 47.3. The maximum absolute atomic E-state index is 15.0. The van der Waals surface area contributed by atoms with E-state index in [1.807, 2.05) is 6.92 Å². The minimum Gasteiger partial charge on any atom is -0.813 e. The summed E-state index contributed by atoms with van der Waals surface area (Å²) in [4.78, 5) is 1.71. The van der Waals surface area contributed by atoms with Gasteiger partial charge in [-0.25, -0.2) is 13.2 Å². The molecule has 0 aliphatic carbocycles. The summed E-state index contributed by atoms with van der Waals surface area (Å²) >= 11 is 20.4. The van der Waals surface area contributed by atoms with Crippen LogP contribution in [0.25, 0.3) is 0 Å². The van der Waals surface area contributed by atoms with Crippen LogP contribution in [-0.4, -0.2) is 5.75 Å². The molecule has 0 heterocycles. The third-order valence-corrected chi connectivity index (χ3v) is 25.9. The van der Waals surface area contributed by atoms with Gasteiger partial charge in [0.25, 0.3) is 0 Å². The van der Waals surface area contributed by atoms with Crippen molar-refractivity contribution in [3.8, 4) is 0 Å². The third kappa shape index (κ3) is 22.7. The molecule has 0 radical (unpaired) electrons.